The predicted octanol–water partition coefficient (Wildman–Crippen LogP) is 2.38. The Morgan fingerprint density at radius 1 is 1.29 bits per heavy atom. The second-order valence-electron chi connectivity index (χ2n) is 6.31. The summed E-state index contributed by atoms with van der Waals surface area (Å²) in [6.45, 7) is 5.17. The van der Waals surface area contributed by atoms with Crippen molar-refractivity contribution in [3.8, 4) is 5.75 Å². The second kappa shape index (κ2) is 8.25. The summed E-state index contributed by atoms with van der Waals surface area (Å²) >= 11 is 0. The number of hydrogen-bond acceptors (Lipinski definition) is 4. The highest BCUT2D eigenvalue weighted by atomic mass is 16.5. The van der Waals surface area contributed by atoms with E-state index in [-0.39, 0.29) is 0 Å². The number of ether oxygens (including phenoxy) is 1. The maximum absolute atomic E-state index is 5.78. The van der Waals surface area contributed by atoms with Crippen molar-refractivity contribution in [1.29, 1.82) is 0 Å². The number of anilines is 1. The Kier molecular flexibility index (Phi) is 6.33. The Bertz CT molecular complexity index is 414. The fraction of sp³-hybridized carbons (Fsp3) is 0.647. The number of nitrogens with zero attached hydrogens (tertiary/aromatic N) is 2. The molecule has 4 heteroatoms. The van der Waals surface area contributed by atoms with E-state index in [4.69, 9.17) is 4.74 Å². The number of likely N-dealkylation sites (tertiary alicyclic amines) is 1. The van der Waals surface area contributed by atoms with E-state index >= 15 is 0 Å². The van der Waals surface area contributed by atoms with Gasteiger partial charge in [0.15, 0.2) is 0 Å². The molecule has 1 aromatic carbocycles. The largest absolute Gasteiger partial charge is 0.492 e. The van der Waals surface area contributed by atoms with Crippen LogP contribution in [-0.2, 0) is 0 Å². The third-order valence-electron chi connectivity index (χ3n) is 4.07. The van der Waals surface area contributed by atoms with Gasteiger partial charge in [0.05, 0.1) is 0 Å². The van der Waals surface area contributed by atoms with Crippen molar-refractivity contribution in [1.82, 2.24) is 9.80 Å². The summed E-state index contributed by atoms with van der Waals surface area (Å²) in [5.74, 6) is 1.74. The van der Waals surface area contributed by atoms with Gasteiger partial charge < -0.3 is 19.9 Å². The molecule has 1 aliphatic rings. The van der Waals surface area contributed by atoms with Gasteiger partial charge in [0.1, 0.15) is 12.4 Å². The average Bonchev–Trinajstić information content (AvgIpc) is 2.47. The number of nitrogens with one attached hydrogen (secondary N) is 1. The summed E-state index contributed by atoms with van der Waals surface area (Å²) in [4.78, 5) is 4.54. The molecule has 1 aliphatic heterocycles. The topological polar surface area (TPSA) is 27.7 Å². The van der Waals surface area contributed by atoms with Gasteiger partial charge in [-0.3, -0.25) is 0 Å². The van der Waals surface area contributed by atoms with Gasteiger partial charge in [0.25, 0.3) is 0 Å². The highest BCUT2D eigenvalue weighted by Gasteiger charge is 2.16. The maximum Gasteiger partial charge on any atom is 0.121 e. The molecule has 0 bridgehead atoms. The minimum absolute atomic E-state index is 0.728. The Balaban J connectivity index is 1.75. The zero-order valence-electron chi connectivity index (χ0n) is 13.6. The molecule has 0 radical (unpaired) electrons. The van der Waals surface area contributed by atoms with E-state index in [0.717, 1.165) is 37.1 Å². The van der Waals surface area contributed by atoms with Crippen LogP contribution in [-0.4, -0.2) is 63.7 Å². The van der Waals surface area contributed by atoms with Crippen LogP contribution < -0.4 is 10.1 Å². The molecule has 0 atom stereocenters. The minimum atomic E-state index is 0.728. The Labute approximate surface area is 129 Å². The molecule has 0 saturated carbocycles. The van der Waals surface area contributed by atoms with E-state index in [1.807, 2.05) is 6.07 Å². The average molecular weight is 291 g/mol. The Hall–Kier alpha value is -1.26. The number of likely N-dealkylation sites (N-methyl/N-ethyl adjacent to an activating group) is 1. The van der Waals surface area contributed by atoms with Gasteiger partial charge in [-0.1, -0.05) is 6.07 Å². The summed E-state index contributed by atoms with van der Waals surface area (Å²) in [5, 5.41) is 3.56. The van der Waals surface area contributed by atoms with Crippen LogP contribution >= 0.6 is 0 Å². The first kappa shape index (κ1) is 16.1. The molecule has 0 aromatic heterocycles. The summed E-state index contributed by atoms with van der Waals surface area (Å²) in [7, 11) is 6.32. The highest BCUT2D eigenvalue weighted by Crippen LogP contribution is 2.20. The molecule has 1 N–H and O–H groups in total. The van der Waals surface area contributed by atoms with Crippen molar-refractivity contribution < 1.29 is 4.74 Å². The standard InChI is InChI=1S/C17H29N3O/c1-19(2)11-12-21-17-6-4-5-16(13-17)18-14-15-7-9-20(3)10-8-15/h4-6,13,15,18H,7-12,14H2,1-3H3. The molecule has 0 unspecified atom stereocenters. The van der Waals surface area contributed by atoms with Crippen LogP contribution in [0.15, 0.2) is 24.3 Å². The van der Waals surface area contributed by atoms with Crippen LogP contribution in [0, 0.1) is 5.92 Å². The van der Waals surface area contributed by atoms with Crippen LogP contribution in [0.1, 0.15) is 12.8 Å². The quantitative estimate of drug-likeness (QED) is 0.835. The third-order valence-corrected chi connectivity index (χ3v) is 4.07. The molecule has 21 heavy (non-hydrogen) atoms. The first-order valence-electron chi connectivity index (χ1n) is 7.93. The van der Waals surface area contributed by atoms with E-state index < -0.39 is 0 Å². The molecule has 1 heterocycles. The summed E-state index contributed by atoms with van der Waals surface area (Å²) in [5.41, 5.74) is 1.16. The van der Waals surface area contributed by atoms with Gasteiger partial charge in [0, 0.05) is 24.8 Å². The van der Waals surface area contributed by atoms with Crippen molar-refractivity contribution in [3.63, 3.8) is 0 Å². The lowest BCUT2D eigenvalue weighted by atomic mass is 9.97. The van der Waals surface area contributed by atoms with Gasteiger partial charge in [0.2, 0.25) is 0 Å². The smallest absolute Gasteiger partial charge is 0.121 e. The Morgan fingerprint density at radius 3 is 2.76 bits per heavy atom. The van der Waals surface area contributed by atoms with E-state index in [1.54, 1.807) is 0 Å². The second-order valence-corrected chi connectivity index (χ2v) is 6.31. The molecule has 2 rings (SSSR count). The lowest BCUT2D eigenvalue weighted by molar-refractivity contribution is 0.226. The first-order chi connectivity index (χ1) is 10.1. The van der Waals surface area contributed by atoms with Crippen molar-refractivity contribution in [2.24, 2.45) is 5.92 Å². The number of benzene rings is 1. The van der Waals surface area contributed by atoms with Gasteiger partial charge in [-0.25, -0.2) is 0 Å². The molecule has 4 nitrogen and oxygen atoms in total. The SMILES string of the molecule is CN(C)CCOc1cccc(NCC2CCN(C)CC2)c1. The molecule has 118 valence electrons. The van der Waals surface area contributed by atoms with Crippen molar-refractivity contribution >= 4 is 5.69 Å². The van der Waals surface area contributed by atoms with Crippen LogP contribution in [0.5, 0.6) is 5.75 Å². The van der Waals surface area contributed by atoms with Gasteiger partial charge in [-0.15, -0.1) is 0 Å². The number of piperidine rings is 1. The fourth-order valence-corrected chi connectivity index (χ4v) is 2.57. The van der Waals surface area contributed by atoms with E-state index in [0.29, 0.717) is 0 Å². The fourth-order valence-electron chi connectivity index (χ4n) is 2.57. The molecule has 0 aliphatic carbocycles. The van der Waals surface area contributed by atoms with Crippen LogP contribution in [0.4, 0.5) is 5.69 Å². The molecule has 0 amide bonds. The molecule has 1 fully saturated rings. The minimum Gasteiger partial charge on any atom is -0.492 e. The van der Waals surface area contributed by atoms with Crippen molar-refractivity contribution in [2.45, 2.75) is 12.8 Å². The van der Waals surface area contributed by atoms with E-state index in [2.05, 4.69) is 54.5 Å². The number of rotatable bonds is 7. The van der Waals surface area contributed by atoms with Crippen LogP contribution in [0.25, 0.3) is 0 Å². The zero-order chi connectivity index (χ0) is 15.1. The summed E-state index contributed by atoms with van der Waals surface area (Å²) in [6, 6.07) is 8.30. The van der Waals surface area contributed by atoms with Crippen molar-refractivity contribution in [3.05, 3.63) is 24.3 Å². The zero-order valence-corrected chi connectivity index (χ0v) is 13.6. The molecule has 1 aromatic rings. The lowest BCUT2D eigenvalue weighted by Gasteiger charge is -2.29. The monoisotopic (exact) mass is 291 g/mol. The maximum atomic E-state index is 5.78. The normalized spacial score (nSPS) is 17.1. The summed E-state index contributed by atoms with van der Waals surface area (Å²) in [6.07, 6.45) is 2.59. The van der Waals surface area contributed by atoms with Crippen LogP contribution in [0.3, 0.4) is 0 Å². The third kappa shape index (κ3) is 5.94. The van der Waals surface area contributed by atoms with E-state index in [1.165, 1.54) is 25.9 Å². The highest BCUT2D eigenvalue weighted by molar-refractivity contribution is 5.48. The van der Waals surface area contributed by atoms with Gasteiger partial charge in [-0.05, 0) is 65.1 Å². The lowest BCUT2D eigenvalue weighted by Crippen LogP contribution is -2.32. The van der Waals surface area contributed by atoms with Gasteiger partial charge >= 0.3 is 0 Å². The molecule has 0 spiro atoms. The van der Waals surface area contributed by atoms with Gasteiger partial charge in [-0.2, -0.15) is 0 Å². The molecular formula is C17H29N3O. The summed E-state index contributed by atoms with van der Waals surface area (Å²) < 4.78 is 5.78. The Morgan fingerprint density at radius 2 is 2.05 bits per heavy atom. The van der Waals surface area contributed by atoms with Crippen LogP contribution in [0.2, 0.25) is 0 Å². The molecular weight excluding hydrogens is 262 g/mol. The number of hydrogen-bond donors (Lipinski definition) is 1. The van der Waals surface area contributed by atoms with E-state index in [9.17, 15) is 0 Å². The molecule has 1 saturated heterocycles. The predicted molar refractivity (Wildman–Crippen MR) is 89.2 cm³/mol. The first-order valence-corrected chi connectivity index (χ1v) is 7.93. The van der Waals surface area contributed by atoms with Crippen molar-refractivity contribution in [2.75, 3.05) is 59.2 Å².